The van der Waals surface area contributed by atoms with E-state index in [1.54, 1.807) is 0 Å². The predicted molar refractivity (Wildman–Crippen MR) is 70.6 cm³/mol. The SMILES string of the molecule is CC(CC(N)=S)N1CCCN(CCO)CC1. The highest BCUT2D eigenvalue weighted by Gasteiger charge is 2.18. The fourth-order valence-electron chi connectivity index (χ4n) is 2.22. The molecule has 5 heteroatoms. The molecule has 16 heavy (non-hydrogen) atoms. The van der Waals surface area contributed by atoms with Crippen molar-refractivity contribution in [2.24, 2.45) is 5.73 Å². The van der Waals surface area contributed by atoms with Crippen LogP contribution >= 0.6 is 12.2 Å². The quantitative estimate of drug-likeness (QED) is 0.671. The summed E-state index contributed by atoms with van der Waals surface area (Å²) in [5.41, 5.74) is 5.58. The van der Waals surface area contributed by atoms with Crippen molar-refractivity contribution in [3.8, 4) is 0 Å². The van der Waals surface area contributed by atoms with Crippen LogP contribution in [0.3, 0.4) is 0 Å². The molecule has 0 aromatic carbocycles. The molecular formula is C11H23N3OS. The van der Waals surface area contributed by atoms with E-state index in [0.717, 1.165) is 45.6 Å². The summed E-state index contributed by atoms with van der Waals surface area (Å²) < 4.78 is 0. The van der Waals surface area contributed by atoms with E-state index in [4.69, 9.17) is 23.1 Å². The second kappa shape index (κ2) is 7.17. The van der Waals surface area contributed by atoms with Crippen molar-refractivity contribution in [3.63, 3.8) is 0 Å². The Labute approximate surface area is 103 Å². The molecule has 1 rings (SSSR count). The number of thiocarbonyl (C=S) groups is 1. The van der Waals surface area contributed by atoms with Crippen LogP contribution in [0.1, 0.15) is 19.8 Å². The van der Waals surface area contributed by atoms with E-state index in [1.807, 2.05) is 0 Å². The van der Waals surface area contributed by atoms with Crippen molar-refractivity contribution in [1.82, 2.24) is 9.80 Å². The summed E-state index contributed by atoms with van der Waals surface area (Å²) in [6.45, 7) is 7.48. The summed E-state index contributed by atoms with van der Waals surface area (Å²) in [5.74, 6) is 0. The van der Waals surface area contributed by atoms with Gasteiger partial charge in [0.1, 0.15) is 0 Å². The van der Waals surface area contributed by atoms with Gasteiger partial charge in [-0.2, -0.15) is 0 Å². The minimum Gasteiger partial charge on any atom is -0.395 e. The van der Waals surface area contributed by atoms with E-state index >= 15 is 0 Å². The Morgan fingerprint density at radius 3 is 2.75 bits per heavy atom. The van der Waals surface area contributed by atoms with Gasteiger partial charge in [-0.25, -0.2) is 0 Å². The topological polar surface area (TPSA) is 52.7 Å². The third-order valence-corrected chi connectivity index (χ3v) is 3.33. The summed E-state index contributed by atoms with van der Waals surface area (Å²) in [5, 5.41) is 8.92. The zero-order valence-electron chi connectivity index (χ0n) is 10.1. The molecule has 1 unspecified atom stereocenters. The molecular weight excluding hydrogens is 222 g/mol. The van der Waals surface area contributed by atoms with Crippen molar-refractivity contribution in [2.75, 3.05) is 39.3 Å². The number of nitrogens with zero attached hydrogens (tertiary/aromatic N) is 2. The van der Waals surface area contributed by atoms with Gasteiger partial charge in [-0.15, -0.1) is 0 Å². The minimum absolute atomic E-state index is 0.252. The monoisotopic (exact) mass is 245 g/mol. The number of hydrogen-bond acceptors (Lipinski definition) is 4. The van der Waals surface area contributed by atoms with Crippen molar-refractivity contribution in [1.29, 1.82) is 0 Å². The van der Waals surface area contributed by atoms with Gasteiger partial charge in [0.15, 0.2) is 0 Å². The Kier molecular flexibility index (Phi) is 6.20. The molecule has 3 N–H and O–H groups in total. The third-order valence-electron chi connectivity index (χ3n) is 3.16. The molecule has 94 valence electrons. The summed E-state index contributed by atoms with van der Waals surface area (Å²) >= 11 is 4.95. The smallest absolute Gasteiger partial charge is 0.0742 e. The summed E-state index contributed by atoms with van der Waals surface area (Å²) in [6, 6.07) is 0.437. The fraction of sp³-hybridized carbons (Fsp3) is 0.909. The predicted octanol–water partition coefficient (Wildman–Crippen LogP) is 0.0511. The van der Waals surface area contributed by atoms with Crippen molar-refractivity contribution >= 4 is 17.2 Å². The number of β-amino-alcohol motifs (C(OH)–C–C–N with tert-alkyl or cyclic N) is 1. The first-order valence-corrected chi connectivity index (χ1v) is 6.40. The highest BCUT2D eigenvalue weighted by Crippen LogP contribution is 2.09. The van der Waals surface area contributed by atoms with E-state index in [0.29, 0.717) is 11.0 Å². The second-order valence-corrected chi connectivity index (χ2v) is 5.00. The van der Waals surface area contributed by atoms with Crippen LogP contribution in [0.25, 0.3) is 0 Å². The molecule has 0 bridgehead atoms. The van der Waals surface area contributed by atoms with E-state index in [2.05, 4.69) is 16.7 Å². The highest BCUT2D eigenvalue weighted by molar-refractivity contribution is 7.80. The molecule has 1 atom stereocenters. The van der Waals surface area contributed by atoms with Crippen molar-refractivity contribution in [2.45, 2.75) is 25.8 Å². The molecule has 0 aliphatic carbocycles. The average Bonchev–Trinajstić information content (AvgIpc) is 2.43. The van der Waals surface area contributed by atoms with Gasteiger partial charge in [0.25, 0.3) is 0 Å². The number of aliphatic hydroxyl groups is 1. The molecule has 1 aliphatic rings. The highest BCUT2D eigenvalue weighted by atomic mass is 32.1. The van der Waals surface area contributed by atoms with E-state index in [1.165, 1.54) is 0 Å². The van der Waals surface area contributed by atoms with Gasteiger partial charge in [0.05, 0.1) is 11.6 Å². The zero-order chi connectivity index (χ0) is 12.0. The van der Waals surface area contributed by atoms with Gasteiger partial charge < -0.3 is 10.8 Å². The molecule has 0 spiro atoms. The molecule has 0 saturated carbocycles. The summed E-state index contributed by atoms with van der Waals surface area (Å²) in [7, 11) is 0. The van der Waals surface area contributed by atoms with Crippen molar-refractivity contribution in [3.05, 3.63) is 0 Å². The van der Waals surface area contributed by atoms with Crippen LogP contribution < -0.4 is 5.73 Å². The maximum Gasteiger partial charge on any atom is 0.0742 e. The Bertz CT molecular complexity index is 225. The Hall–Kier alpha value is -0.230. The van der Waals surface area contributed by atoms with Gasteiger partial charge in [0, 0.05) is 32.1 Å². The molecule has 1 aliphatic heterocycles. The lowest BCUT2D eigenvalue weighted by Gasteiger charge is -2.27. The summed E-state index contributed by atoms with van der Waals surface area (Å²) in [6.07, 6.45) is 1.96. The molecule has 1 saturated heterocycles. The van der Waals surface area contributed by atoms with Gasteiger partial charge in [-0.1, -0.05) is 12.2 Å². The van der Waals surface area contributed by atoms with Crippen LogP contribution in [0.4, 0.5) is 0 Å². The van der Waals surface area contributed by atoms with Crippen LogP contribution in [0, 0.1) is 0 Å². The Morgan fingerprint density at radius 1 is 1.38 bits per heavy atom. The number of hydrogen-bond donors (Lipinski definition) is 2. The first-order chi connectivity index (χ1) is 7.63. The van der Waals surface area contributed by atoms with Crippen LogP contribution in [0.15, 0.2) is 0 Å². The van der Waals surface area contributed by atoms with E-state index < -0.39 is 0 Å². The van der Waals surface area contributed by atoms with Crippen LogP contribution in [-0.4, -0.2) is 65.3 Å². The third kappa shape index (κ3) is 4.74. The van der Waals surface area contributed by atoms with Gasteiger partial charge in [-0.05, 0) is 26.4 Å². The largest absolute Gasteiger partial charge is 0.395 e. The molecule has 0 aromatic rings. The van der Waals surface area contributed by atoms with Gasteiger partial charge >= 0.3 is 0 Å². The standard InChI is InChI=1S/C11H23N3OS/c1-10(9-11(12)16)14-4-2-3-13(5-6-14)7-8-15/h10,15H,2-9H2,1H3,(H2,12,16). The molecule has 1 heterocycles. The molecule has 0 aromatic heterocycles. The molecule has 1 fully saturated rings. The lowest BCUT2D eigenvalue weighted by molar-refractivity contribution is 0.187. The average molecular weight is 245 g/mol. The Morgan fingerprint density at radius 2 is 2.12 bits per heavy atom. The van der Waals surface area contributed by atoms with Crippen molar-refractivity contribution < 1.29 is 5.11 Å². The maximum absolute atomic E-state index is 8.92. The lowest BCUT2D eigenvalue weighted by atomic mass is 10.2. The minimum atomic E-state index is 0.252. The van der Waals surface area contributed by atoms with Gasteiger partial charge in [-0.3, -0.25) is 9.80 Å². The number of nitrogens with two attached hydrogens (primary N) is 1. The van der Waals surface area contributed by atoms with Crippen LogP contribution in [0.2, 0.25) is 0 Å². The maximum atomic E-state index is 8.92. The molecule has 4 nitrogen and oxygen atoms in total. The first kappa shape index (κ1) is 13.8. The lowest BCUT2D eigenvalue weighted by Crippen LogP contribution is -2.39. The van der Waals surface area contributed by atoms with E-state index in [-0.39, 0.29) is 6.61 Å². The van der Waals surface area contributed by atoms with Crippen LogP contribution in [0.5, 0.6) is 0 Å². The fourth-order valence-corrected chi connectivity index (χ4v) is 2.46. The number of aliphatic hydroxyl groups excluding tert-OH is 1. The Balaban J connectivity index is 2.37. The van der Waals surface area contributed by atoms with Gasteiger partial charge in [0.2, 0.25) is 0 Å². The normalized spacial score (nSPS) is 21.6. The first-order valence-electron chi connectivity index (χ1n) is 5.99. The summed E-state index contributed by atoms with van der Waals surface area (Å²) in [4.78, 5) is 5.35. The van der Waals surface area contributed by atoms with E-state index in [9.17, 15) is 0 Å². The second-order valence-electron chi connectivity index (χ2n) is 4.47. The number of rotatable bonds is 5. The molecule has 0 amide bonds. The van der Waals surface area contributed by atoms with Crippen LogP contribution in [-0.2, 0) is 0 Å². The molecule has 0 radical (unpaired) electrons. The zero-order valence-corrected chi connectivity index (χ0v) is 10.9.